The van der Waals surface area contributed by atoms with Crippen LogP contribution in [0.1, 0.15) is 23.7 Å². The molecule has 0 spiro atoms. The number of nitrogens with one attached hydrogen (secondary N) is 2. The third-order valence-electron chi connectivity index (χ3n) is 2.21. The van der Waals surface area contributed by atoms with Gasteiger partial charge in [0.15, 0.2) is 0 Å². The molecule has 2 rings (SSSR count). The minimum Gasteiger partial charge on any atom is -0.347 e. The molecule has 0 aliphatic heterocycles. The largest absolute Gasteiger partial charge is 0.347 e. The number of hydrogen-bond donors (Lipinski definition) is 2. The van der Waals surface area contributed by atoms with Crippen molar-refractivity contribution >= 4 is 43.2 Å². The van der Waals surface area contributed by atoms with Crippen molar-refractivity contribution in [3.05, 3.63) is 37.4 Å². The molecule has 1 unspecified atom stereocenters. The van der Waals surface area contributed by atoms with Crippen LogP contribution in [0.15, 0.2) is 26.7 Å². The molecule has 1 atom stereocenters. The Kier molecular flexibility index (Phi) is 4.18. The van der Waals surface area contributed by atoms with Gasteiger partial charge < -0.3 is 10.3 Å². The highest BCUT2D eigenvalue weighted by Gasteiger charge is 2.08. The van der Waals surface area contributed by atoms with Gasteiger partial charge in [0.1, 0.15) is 5.82 Å². The van der Waals surface area contributed by atoms with E-state index in [1.807, 2.05) is 6.20 Å². The molecule has 0 aliphatic carbocycles. The predicted molar refractivity (Wildman–Crippen MR) is 73.6 cm³/mol. The van der Waals surface area contributed by atoms with E-state index in [0.29, 0.717) is 0 Å². The zero-order valence-corrected chi connectivity index (χ0v) is 12.6. The van der Waals surface area contributed by atoms with Crippen molar-refractivity contribution in [2.75, 3.05) is 0 Å². The summed E-state index contributed by atoms with van der Waals surface area (Å²) in [5.41, 5.74) is 0. The van der Waals surface area contributed by atoms with E-state index in [9.17, 15) is 0 Å². The summed E-state index contributed by atoms with van der Waals surface area (Å²) in [6.07, 6.45) is 3.61. The van der Waals surface area contributed by atoms with E-state index >= 15 is 0 Å². The fourth-order valence-corrected chi connectivity index (χ4v) is 3.47. The Hall–Kier alpha value is -0.170. The van der Waals surface area contributed by atoms with E-state index in [1.54, 1.807) is 17.5 Å². The Morgan fingerprint density at radius 3 is 2.94 bits per heavy atom. The van der Waals surface area contributed by atoms with Crippen LogP contribution < -0.4 is 5.32 Å². The first-order valence-corrected chi connectivity index (χ1v) is 7.23. The summed E-state index contributed by atoms with van der Waals surface area (Å²) in [7, 11) is 0. The van der Waals surface area contributed by atoms with E-state index in [-0.39, 0.29) is 6.04 Å². The first-order valence-electron chi connectivity index (χ1n) is 4.83. The van der Waals surface area contributed by atoms with Gasteiger partial charge in [-0.1, -0.05) is 0 Å². The average Bonchev–Trinajstić information content (AvgIpc) is 2.86. The SMILES string of the molecule is CC(NCc1cc(Br)c(Br)s1)c1ncc[nH]1. The maximum Gasteiger partial charge on any atom is 0.122 e. The highest BCUT2D eigenvalue weighted by atomic mass is 79.9. The Morgan fingerprint density at radius 2 is 2.38 bits per heavy atom. The normalized spacial score (nSPS) is 12.9. The Labute approximate surface area is 115 Å². The van der Waals surface area contributed by atoms with Gasteiger partial charge in [0.05, 0.1) is 9.83 Å². The minimum absolute atomic E-state index is 0.231. The summed E-state index contributed by atoms with van der Waals surface area (Å²) in [6, 6.07) is 2.35. The maximum atomic E-state index is 4.22. The van der Waals surface area contributed by atoms with Gasteiger partial charge in [-0.25, -0.2) is 4.98 Å². The molecular weight excluding hydrogens is 354 g/mol. The van der Waals surface area contributed by atoms with Gasteiger partial charge in [0, 0.05) is 28.3 Å². The van der Waals surface area contributed by atoms with E-state index in [2.05, 4.69) is 60.1 Å². The second-order valence-corrected chi connectivity index (χ2v) is 6.72. The first-order chi connectivity index (χ1) is 7.66. The third-order valence-corrected chi connectivity index (χ3v) is 5.46. The molecule has 0 aromatic carbocycles. The lowest BCUT2D eigenvalue weighted by Crippen LogP contribution is -2.18. The lowest BCUT2D eigenvalue weighted by Gasteiger charge is -2.09. The van der Waals surface area contributed by atoms with Crippen LogP contribution in [0.5, 0.6) is 0 Å². The molecule has 0 fully saturated rings. The number of nitrogens with zero attached hydrogens (tertiary/aromatic N) is 1. The van der Waals surface area contributed by atoms with Gasteiger partial charge in [0.25, 0.3) is 0 Å². The van der Waals surface area contributed by atoms with E-state index in [4.69, 9.17) is 0 Å². The van der Waals surface area contributed by atoms with Gasteiger partial charge >= 0.3 is 0 Å². The molecule has 2 N–H and O–H groups in total. The molecule has 0 saturated heterocycles. The number of thiophene rings is 1. The lowest BCUT2D eigenvalue weighted by atomic mass is 10.3. The molecule has 16 heavy (non-hydrogen) atoms. The number of halogens is 2. The average molecular weight is 365 g/mol. The van der Waals surface area contributed by atoms with Crippen LogP contribution >= 0.6 is 43.2 Å². The monoisotopic (exact) mass is 363 g/mol. The van der Waals surface area contributed by atoms with E-state index in [1.165, 1.54) is 4.88 Å². The number of aromatic amines is 1. The first kappa shape index (κ1) is 12.3. The molecule has 2 aromatic heterocycles. The molecular formula is C10H11Br2N3S. The van der Waals surface area contributed by atoms with Crippen molar-refractivity contribution in [3.63, 3.8) is 0 Å². The molecule has 3 nitrogen and oxygen atoms in total. The second kappa shape index (κ2) is 5.44. The number of imidazole rings is 1. The van der Waals surface area contributed by atoms with Gasteiger partial charge in [-0.3, -0.25) is 0 Å². The fraction of sp³-hybridized carbons (Fsp3) is 0.300. The van der Waals surface area contributed by atoms with Crippen molar-refractivity contribution < 1.29 is 0 Å². The van der Waals surface area contributed by atoms with Crippen molar-refractivity contribution in [2.45, 2.75) is 19.5 Å². The van der Waals surface area contributed by atoms with Crippen LogP contribution in [0.4, 0.5) is 0 Å². The highest BCUT2D eigenvalue weighted by molar-refractivity contribution is 9.13. The molecule has 2 heterocycles. The molecule has 0 bridgehead atoms. The number of rotatable bonds is 4. The summed E-state index contributed by atoms with van der Waals surface area (Å²) >= 11 is 8.70. The number of H-pyrrole nitrogens is 1. The standard InChI is InChI=1S/C10H11Br2N3S/c1-6(10-13-2-3-14-10)15-5-7-4-8(11)9(12)16-7/h2-4,6,15H,5H2,1H3,(H,13,14). The van der Waals surface area contributed by atoms with Gasteiger partial charge in [-0.15, -0.1) is 11.3 Å². The topological polar surface area (TPSA) is 40.7 Å². The van der Waals surface area contributed by atoms with Crippen LogP contribution in [0.2, 0.25) is 0 Å². The van der Waals surface area contributed by atoms with Gasteiger partial charge in [-0.2, -0.15) is 0 Å². The summed E-state index contributed by atoms with van der Waals surface area (Å²) in [5, 5.41) is 3.42. The highest BCUT2D eigenvalue weighted by Crippen LogP contribution is 2.32. The van der Waals surface area contributed by atoms with E-state index in [0.717, 1.165) is 20.6 Å². The lowest BCUT2D eigenvalue weighted by molar-refractivity contribution is 0.554. The Balaban J connectivity index is 1.92. The van der Waals surface area contributed by atoms with Crippen molar-refractivity contribution in [3.8, 4) is 0 Å². The number of aromatic nitrogens is 2. The van der Waals surface area contributed by atoms with E-state index < -0.39 is 0 Å². The van der Waals surface area contributed by atoms with Crippen LogP contribution in [-0.2, 0) is 6.54 Å². The van der Waals surface area contributed by atoms with Crippen molar-refractivity contribution in [1.82, 2.24) is 15.3 Å². The summed E-state index contributed by atoms with van der Waals surface area (Å²) < 4.78 is 2.25. The van der Waals surface area contributed by atoms with Crippen molar-refractivity contribution in [2.24, 2.45) is 0 Å². The Morgan fingerprint density at radius 1 is 1.56 bits per heavy atom. The molecule has 6 heteroatoms. The molecule has 2 aromatic rings. The third kappa shape index (κ3) is 2.94. The predicted octanol–water partition coefficient (Wildman–Crippen LogP) is 3.85. The molecule has 0 amide bonds. The van der Waals surface area contributed by atoms with Gasteiger partial charge in [0.2, 0.25) is 0 Å². The Bertz CT molecular complexity index is 433. The summed E-state index contributed by atoms with van der Waals surface area (Å²) in [4.78, 5) is 8.61. The van der Waals surface area contributed by atoms with Gasteiger partial charge in [-0.05, 0) is 44.8 Å². The summed E-state index contributed by atoms with van der Waals surface area (Å²) in [6.45, 7) is 2.94. The van der Waals surface area contributed by atoms with Crippen LogP contribution in [0.25, 0.3) is 0 Å². The van der Waals surface area contributed by atoms with Crippen molar-refractivity contribution in [1.29, 1.82) is 0 Å². The zero-order chi connectivity index (χ0) is 11.5. The quantitative estimate of drug-likeness (QED) is 0.865. The maximum absolute atomic E-state index is 4.22. The summed E-state index contributed by atoms with van der Waals surface area (Å²) in [5.74, 6) is 0.967. The van der Waals surface area contributed by atoms with Crippen LogP contribution in [0.3, 0.4) is 0 Å². The number of hydrogen-bond acceptors (Lipinski definition) is 3. The fourth-order valence-electron chi connectivity index (χ4n) is 1.34. The molecule has 0 radical (unpaired) electrons. The minimum atomic E-state index is 0.231. The van der Waals surface area contributed by atoms with Crippen LogP contribution in [0, 0.1) is 0 Å². The zero-order valence-electron chi connectivity index (χ0n) is 8.63. The second-order valence-electron chi connectivity index (χ2n) is 3.41. The smallest absolute Gasteiger partial charge is 0.122 e. The molecule has 0 saturated carbocycles. The molecule has 86 valence electrons. The van der Waals surface area contributed by atoms with Crippen LogP contribution in [-0.4, -0.2) is 9.97 Å². The molecule has 0 aliphatic rings.